The first-order chi connectivity index (χ1) is 10.3. The fourth-order valence-electron chi connectivity index (χ4n) is 2.88. The molecular formula is C19H23NO. The Labute approximate surface area is 127 Å². The summed E-state index contributed by atoms with van der Waals surface area (Å²) in [7, 11) is 0. The van der Waals surface area contributed by atoms with E-state index in [2.05, 4.69) is 61.6 Å². The second kappa shape index (κ2) is 6.21. The van der Waals surface area contributed by atoms with Crippen molar-refractivity contribution in [3.8, 4) is 5.75 Å². The molecule has 2 aromatic rings. The van der Waals surface area contributed by atoms with E-state index in [4.69, 9.17) is 4.74 Å². The third-order valence-electron chi connectivity index (χ3n) is 4.23. The van der Waals surface area contributed by atoms with E-state index < -0.39 is 0 Å². The molecule has 0 saturated heterocycles. The molecule has 1 N–H and O–H groups in total. The molecule has 1 unspecified atom stereocenters. The van der Waals surface area contributed by atoms with E-state index in [-0.39, 0.29) is 0 Å². The fourth-order valence-corrected chi connectivity index (χ4v) is 2.88. The monoisotopic (exact) mass is 281 g/mol. The fraction of sp³-hybridized carbons (Fsp3) is 0.368. The second-order valence-electron chi connectivity index (χ2n) is 5.62. The predicted molar refractivity (Wildman–Crippen MR) is 88.1 cm³/mol. The number of anilines is 1. The van der Waals surface area contributed by atoms with Crippen LogP contribution in [-0.2, 0) is 12.8 Å². The van der Waals surface area contributed by atoms with Crippen LogP contribution in [0, 0.1) is 0 Å². The standard InChI is InChI=1S/C19H23NO/c1-3-14-5-7-15(8-6-14)18(4-2)20-17-9-10-19-16(13-17)11-12-21-19/h5-10,13,18,20H,3-4,11-12H2,1-2H3. The van der Waals surface area contributed by atoms with Crippen molar-refractivity contribution in [1.82, 2.24) is 0 Å². The third-order valence-corrected chi connectivity index (χ3v) is 4.23. The number of fused-ring (bicyclic) bond motifs is 1. The highest BCUT2D eigenvalue weighted by Crippen LogP contribution is 2.30. The highest BCUT2D eigenvalue weighted by atomic mass is 16.5. The molecule has 3 rings (SSSR count). The third kappa shape index (κ3) is 3.05. The van der Waals surface area contributed by atoms with E-state index >= 15 is 0 Å². The molecule has 2 heteroatoms. The molecule has 0 saturated carbocycles. The highest BCUT2D eigenvalue weighted by molar-refractivity contribution is 5.53. The molecule has 0 aliphatic carbocycles. The van der Waals surface area contributed by atoms with Gasteiger partial charge in [0.2, 0.25) is 0 Å². The maximum absolute atomic E-state index is 5.57. The summed E-state index contributed by atoms with van der Waals surface area (Å²) in [5.74, 6) is 1.04. The van der Waals surface area contributed by atoms with Crippen molar-refractivity contribution in [2.24, 2.45) is 0 Å². The normalized spacial score (nSPS) is 14.4. The van der Waals surface area contributed by atoms with E-state index in [1.54, 1.807) is 0 Å². The molecule has 1 aliphatic rings. The SMILES string of the molecule is CCc1ccc(C(CC)Nc2ccc3c(c2)CCO3)cc1. The molecule has 2 aromatic carbocycles. The molecule has 21 heavy (non-hydrogen) atoms. The lowest BCUT2D eigenvalue weighted by Crippen LogP contribution is -2.09. The molecular weight excluding hydrogens is 258 g/mol. The summed E-state index contributed by atoms with van der Waals surface area (Å²) < 4.78 is 5.57. The smallest absolute Gasteiger partial charge is 0.122 e. The van der Waals surface area contributed by atoms with Crippen LogP contribution in [0.1, 0.15) is 43.0 Å². The van der Waals surface area contributed by atoms with E-state index in [9.17, 15) is 0 Å². The Hall–Kier alpha value is -1.96. The van der Waals surface area contributed by atoms with Crippen LogP contribution in [-0.4, -0.2) is 6.61 Å². The summed E-state index contributed by atoms with van der Waals surface area (Å²) in [5.41, 5.74) is 5.25. The van der Waals surface area contributed by atoms with Crippen LogP contribution in [0.15, 0.2) is 42.5 Å². The molecule has 110 valence electrons. The van der Waals surface area contributed by atoms with Crippen molar-refractivity contribution in [2.45, 2.75) is 39.2 Å². The summed E-state index contributed by atoms with van der Waals surface area (Å²) in [4.78, 5) is 0. The van der Waals surface area contributed by atoms with Gasteiger partial charge in [0, 0.05) is 12.1 Å². The van der Waals surface area contributed by atoms with Gasteiger partial charge in [-0.2, -0.15) is 0 Å². The lowest BCUT2D eigenvalue weighted by Gasteiger charge is -2.19. The molecule has 0 fully saturated rings. The van der Waals surface area contributed by atoms with E-state index in [0.717, 1.165) is 31.6 Å². The largest absolute Gasteiger partial charge is 0.493 e. The van der Waals surface area contributed by atoms with Gasteiger partial charge in [0.15, 0.2) is 0 Å². The zero-order valence-electron chi connectivity index (χ0n) is 12.9. The summed E-state index contributed by atoms with van der Waals surface area (Å²) >= 11 is 0. The van der Waals surface area contributed by atoms with Crippen LogP contribution < -0.4 is 10.1 Å². The first kappa shape index (κ1) is 14.0. The van der Waals surface area contributed by atoms with Crippen LogP contribution >= 0.6 is 0 Å². The Morgan fingerprint density at radius 3 is 2.62 bits per heavy atom. The second-order valence-corrected chi connectivity index (χ2v) is 5.62. The molecule has 1 aliphatic heterocycles. The van der Waals surface area contributed by atoms with E-state index in [1.165, 1.54) is 22.4 Å². The van der Waals surface area contributed by atoms with Crippen LogP contribution in [0.5, 0.6) is 5.75 Å². The minimum Gasteiger partial charge on any atom is -0.493 e. The number of aryl methyl sites for hydroxylation is 1. The Balaban J connectivity index is 1.77. The number of hydrogen-bond acceptors (Lipinski definition) is 2. The highest BCUT2D eigenvalue weighted by Gasteiger charge is 2.14. The summed E-state index contributed by atoms with van der Waals surface area (Å²) in [5, 5.41) is 3.66. The van der Waals surface area contributed by atoms with Crippen LogP contribution in [0.3, 0.4) is 0 Å². The minimum atomic E-state index is 0.358. The van der Waals surface area contributed by atoms with Gasteiger partial charge in [0.1, 0.15) is 5.75 Å². The Morgan fingerprint density at radius 2 is 1.90 bits per heavy atom. The van der Waals surface area contributed by atoms with Gasteiger partial charge in [0.05, 0.1) is 12.6 Å². The molecule has 1 atom stereocenters. The topological polar surface area (TPSA) is 21.3 Å². The molecule has 0 radical (unpaired) electrons. The van der Waals surface area contributed by atoms with E-state index in [1.807, 2.05) is 0 Å². The quantitative estimate of drug-likeness (QED) is 0.854. The number of nitrogens with one attached hydrogen (secondary N) is 1. The van der Waals surface area contributed by atoms with Crippen molar-refractivity contribution >= 4 is 5.69 Å². The van der Waals surface area contributed by atoms with Gasteiger partial charge in [-0.3, -0.25) is 0 Å². The van der Waals surface area contributed by atoms with Crippen molar-refractivity contribution in [3.63, 3.8) is 0 Å². The Morgan fingerprint density at radius 1 is 1.10 bits per heavy atom. The van der Waals surface area contributed by atoms with Crippen LogP contribution in [0.2, 0.25) is 0 Å². The number of hydrogen-bond donors (Lipinski definition) is 1. The summed E-state index contributed by atoms with van der Waals surface area (Å²) in [6.07, 6.45) is 3.18. The van der Waals surface area contributed by atoms with Crippen molar-refractivity contribution in [2.75, 3.05) is 11.9 Å². The number of benzene rings is 2. The van der Waals surface area contributed by atoms with Crippen molar-refractivity contribution in [1.29, 1.82) is 0 Å². The van der Waals surface area contributed by atoms with Crippen LogP contribution in [0.4, 0.5) is 5.69 Å². The number of ether oxygens (including phenoxy) is 1. The first-order valence-electron chi connectivity index (χ1n) is 7.91. The van der Waals surface area contributed by atoms with Gasteiger partial charge in [-0.15, -0.1) is 0 Å². The first-order valence-corrected chi connectivity index (χ1v) is 7.91. The van der Waals surface area contributed by atoms with Gasteiger partial charge >= 0.3 is 0 Å². The summed E-state index contributed by atoms with van der Waals surface area (Å²) in [6.45, 7) is 5.23. The molecule has 1 heterocycles. The Kier molecular flexibility index (Phi) is 4.14. The molecule has 0 spiro atoms. The van der Waals surface area contributed by atoms with E-state index in [0.29, 0.717) is 6.04 Å². The van der Waals surface area contributed by atoms with Gasteiger partial charge in [-0.05, 0) is 47.7 Å². The average Bonchev–Trinajstić information content (AvgIpc) is 3.00. The van der Waals surface area contributed by atoms with Gasteiger partial charge in [-0.25, -0.2) is 0 Å². The predicted octanol–water partition coefficient (Wildman–Crippen LogP) is 4.75. The zero-order valence-corrected chi connectivity index (χ0v) is 12.9. The number of rotatable bonds is 5. The van der Waals surface area contributed by atoms with Crippen LogP contribution in [0.25, 0.3) is 0 Å². The molecule has 0 amide bonds. The Bertz CT molecular complexity index is 603. The van der Waals surface area contributed by atoms with Crippen molar-refractivity contribution < 1.29 is 4.74 Å². The molecule has 2 nitrogen and oxygen atoms in total. The maximum Gasteiger partial charge on any atom is 0.122 e. The van der Waals surface area contributed by atoms with Crippen molar-refractivity contribution in [3.05, 3.63) is 59.2 Å². The lowest BCUT2D eigenvalue weighted by atomic mass is 10.0. The van der Waals surface area contributed by atoms with Gasteiger partial charge < -0.3 is 10.1 Å². The van der Waals surface area contributed by atoms with Gasteiger partial charge in [-0.1, -0.05) is 38.1 Å². The lowest BCUT2D eigenvalue weighted by molar-refractivity contribution is 0.357. The zero-order chi connectivity index (χ0) is 14.7. The average molecular weight is 281 g/mol. The van der Waals surface area contributed by atoms with Gasteiger partial charge in [0.25, 0.3) is 0 Å². The molecule has 0 bridgehead atoms. The maximum atomic E-state index is 5.57. The molecule has 0 aromatic heterocycles. The minimum absolute atomic E-state index is 0.358. The summed E-state index contributed by atoms with van der Waals surface area (Å²) in [6, 6.07) is 15.7.